The highest BCUT2D eigenvalue weighted by atomic mass is 79.9. The average molecular weight is 375 g/mol. The molecule has 23 heavy (non-hydrogen) atoms. The van der Waals surface area contributed by atoms with Gasteiger partial charge in [0.1, 0.15) is 6.61 Å². The van der Waals surface area contributed by atoms with Crippen LogP contribution in [0.4, 0.5) is 10.5 Å². The van der Waals surface area contributed by atoms with Crippen LogP contribution in [0.5, 0.6) is 0 Å². The molecule has 0 radical (unpaired) electrons. The highest BCUT2D eigenvalue weighted by Crippen LogP contribution is 2.19. The van der Waals surface area contributed by atoms with Crippen molar-refractivity contribution in [1.29, 1.82) is 0 Å². The molecule has 0 fully saturated rings. The lowest BCUT2D eigenvalue weighted by Gasteiger charge is -2.10. The van der Waals surface area contributed by atoms with Gasteiger partial charge in [0.05, 0.1) is 5.71 Å². The first-order chi connectivity index (χ1) is 11.2. The molecule has 0 spiro atoms. The number of rotatable bonds is 4. The summed E-state index contributed by atoms with van der Waals surface area (Å²) in [6.07, 6.45) is -0.146. The molecule has 0 bridgehead atoms. The third kappa shape index (κ3) is 4.32. The number of amides is 1. The summed E-state index contributed by atoms with van der Waals surface area (Å²) in [4.78, 5) is 17.0. The van der Waals surface area contributed by atoms with Crippen molar-refractivity contribution >= 4 is 33.4 Å². The zero-order valence-electron chi connectivity index (χ0n) is 12.2. The topological polar surface area (TPSA) is 59.9 Å². The number of nitrogens with one attached hydrogen (secondary N) is 1. The van der Waals surface area contributed by atoms with Gasteiger partial charge in [-0.25, -0.2) is 4.79 Å². The Hall–Kier alpha value is -2.34. The van der Waals surface area contributed by atoms with Crippen molar-refractivity contribution < 1.29 is 14.4 Å². The van der Waals surface area contributed by atoms with Gasteiger partial charge < -0.3 is 9.57 Å². The third-order valence-corrected chi connectivity index (χ3v) is 3.86. The number of hydrogen-bond acceptors (Lipinski definition) is 4. The molecule has 0 aliphatic carbocycles. The second kappa shape index (κ2) is 7.28. The Morgan fingerprint density at radius 2 is 1.96 bits per heavy atom. The van der Waals surface area contributed by atoms with Gasteiger partial charge >= 0.3 is 6.09 Å². The Kier molecular flexibility index (Phi) is 4.92. The monoisotopic (exact) mass is 374 g/mol. The zero-order chi connectivity index (χ0) is 16.1. The first-order valence-electron chi connectivity index (χ1n) is 7.18. The molecule has 0 saturated heterocycles. The van der Waals surface area contributed by atoms with Gasteiger partial charge in [-0.05, 0) is 29.8 Å². The minimum atomic E-state index is -0.503. The number of anilines is 1. The van der Waals surface area contributed by atoms with Crippen molar-refractivity contribution in [3.05, 3.63) is 64.6 Å². The maximum Gasteiger partial charge on any atom is 0.411 e. The van der Waals surface area contributed by atoms with E-state index in [9.17, 15) is 4.79 Å². The summed E-state index contributed by atoms with van der Waals surface area (Å²) in [6.45, 7) is 0.155. The fourth-order valence-corrected chi connectivity index (χ4v) is 2.44. The quantitative estimate of drug-likeness (QED) is 0.872. The maximum atomic E-state index is 11.7. The molecule has 1 unspecified atom stereocenters. The summed E-state index contributed by atoms with van der Waals surface area (Å²) < 4.78 is 6.19. The van der Waals surface area contributed by atoms with E-state index in [-0.39, 0.29) is 12.7 Å². The van der Waals surface area contributed by atoms with E-state index in [1.54, 1.807) is 12.1 Å². The lowest BCUT2D eigenvalue weighted by molar-refractivity contribution is 0.0311. The van der Waals surface area contributed by atoms with Gasteiger partial charge in [-0.1, -0.05) is 51.4 Å². The highest BCUT2D eigenvalue weighted by molar-refractivity contribution is 9.10. The standard InChI is InChI=1S/C17H15BrN2O3/c18-13-8-6-12(7-9-13)16-10-15(23-20-16)11-22-17(21)19-14-4-2-1-3-5-14/h1-9,15H,10-11H2,(H,19,21). The van der Waals surface area contributed by atoms with Crippen LogP contribution in [-0.2, 0) is 9.57 Å². The predicted octanol–water partition coefficient (Wildman–Crippen LogP) is 4.19. The van der Waals surface area contributed by atoms with Gasteiger partial charge in [-0.3, -0.25) is 5.32 Å². The van der Waals surface area contributed by atoms with Crippen LogP contribution in [-0.4, -0.2) is 24.5 Å². The summed E-state index contributed by atoms with van der Waals surface area (Å²) in [7, 11) is 0. The third-order valence-electron chi connectivity index (χ3n) is 3.33. The van der Waals surface area contributed by atoms with E-state index in [4.69, 9.17) is 9.57 Å². The Balaban J connectivity index is 1.46. The molecule has 1 heterocycles. The number of ether oxygens (including phenoxy) is 1. The number of halogens is 1. The Morgan fingerprint density at radius 3 is 2.70 bits per heavy atom. The molecule has 5 nitrogen and oxygen atoms in total. The lowest BCUT2D eigenvalue weighted by atomic mass is 10.1. The summed E-state index contributed by atoms with van der Waals surface area (Å²) in [5.41, 5.74) is 2.55. The largest absolute Gasteiger partial charge is 0.445 e. The summed E-state index contributed by atoms with van der Waals surface area (Å²) in [5.74, 6) is 0. The molecule has 1 amide bonds. The Morgan fingerprint density at radius 1 is 1.22 bits per heavy atom. The van der Waals surface area contributed by atoms with Crippen molar-refractivity contribution in [2.45, 2.75) is 12.5 Å². The first-order valence-corrected chi connectivity index (χ1v) is 7.97. The molecule has 3 rings (SSSR count). The van der Waals surface area contributed by atoms with Crippen LogP contribution >= 0.6 is 15.9 Å². The minimum absolute atomic E-state index is 0.155. The average Bonchev–Trinajstić information content (AvgIpc) is 3.04. The fraction of sp³-hybridized carbons (Fsp3) is 0.176. The molecule has 0 aromatic heterocycles. The van der Waals surface area contributed by atoms with E-state index in [0.717, 1.165) is 15.7 Å². The van der Waals surface area contributed by atoms with E-state index in [2.05, 4.69) is 26.4 Å². The smallest absolute Gasteiger partial charge is 0.411 e. The zero-order valence-corrected chi connectivity index (χ0v) is 13.8. The van der Waals surface area contributed by atoms with Crippen LogP contribution in [0.1, 0.15) is 12.0 Å². The van der Waals surface area contributed by atoms with Crippen LogP contribution in [0.2, 0.25) is 0 Å². The van der Waals surface area contributed by atoms with Crippen LogP contribution in [0, 0.1) is 0 Å². The Bertz CT molecular complexity index is 702. The van der Waals surface area contributed by atoms with Crippen LogP contribution in [0.25, 0.3) is 0 Å². The second-order valence-corrected chi connectivity index (χ2v) is 5.98. The number of carbonyl (C=O) groups is 1. The van der Waals surface area contributed by atoms with Gasteiger partial charge in [0, 0.05) is 16.6 Å². The number of carbonyl (C=O) groups excluding carboxylic acids is 1. The molecular weight excluding hydrogens is 360 g/mol. The molecule has 1 atom stereocenters. The van der Waals surface area contributed by atoms with Crippen molar-refractivity contribution in [3.8, 4) is 0 Å². The van der Waals surface area contributed by atoms with Gasteiger partial charge in [0.2, 0.25) is 0 Å². The van der Waals surface area contributed by atoms with Crippen LogP contribution in [0.15, 0.2) is 64.2 Å². The van der Waals surface area contributed by atoms with Gasteiger partial charge in [0.15, 0.2) is 6.10 Å². The molecular formula is C17H15BrN2O3. The molecule has 1 N–H and O–H groups in total. The van der Waals surface area contributed by atoms with Crippen molar-refractivity contribution in [2.75, 3.05) is 11.9 Å². The summed E-state index contributed by atoms with van der Waals surface area (Å²) in [6, 6.07) is 17.0. The summed E-state index contributed by atoms with van der Waals surface area (Å²) in [5, 5.41) is 6.72. The van der Waals surface area contributed by atoms with Crippen molar-refractivity contribution in [1.82, 2.24) is 0 Å². The van der Waals surface area contributed by atoms with Gasteiger partial charge in [0.25, 0.3) is 0 Å². The van der Waals surface area contributed by atoms with E-state index in [1.807, 2.05) is 42.5 Å². The SMILES string of the molecule is O=C(Nc1ccccc1)OCC1CC(c2ccc(Br)cc2)=NO1. The van der Waals surface area contributed by atoms with E-state index in [1.165, 1.54) is 0 Å². The minimum Gasteiger partial charge on any atom is -0.445 e. The molecule has 2 aromatic rings. The molecule has 2 aromatic carbocycles. The van der Waals surface area contributed by atoms with Crippen LogP contribution in [0.3, 0.4) is 0 Å². The normalized spacial score (nSPS) is 16.4. The van der Waals surface area contributed by atoms with Crippen molar-refractivity contribution in [3.63, 3.8) is 0 Å². The van der Waals surface area contributed by atoms with Gasteiger partial charge in [-0.2, -0.15) is 0 Å². The molecule has 0 saturated carbocycles. The Labute approximate surface area is 142 Å². The number of benzene rings is 2. The van der Waals surface area contributed by atoms with Gasteiger partial charge in [-0.15, -0.1) is 0 Å². The molecule has 1 aliphatic heterocycles. The van der Waals surface area contributed by atoms with E-state index < -0.39 is 6.09 Å². The summed E-state index contributed by atoms with van der Waals surface area (Å²) >= 11 is 3.40. The van der Waals surface area contributed by atoms with Crippen molar-refractivity contribution in [2.24, 2.45) is 5.16 Å². The predicted molar refractivity (Wildman–Crippen MR) is 91.6 cm³/mol. The lowest BCUT2D eigenvalue weighted by Crippen LogP contribution is -2.22. The van der Waals surface area contributed by atoms with Crippen LogP contribution < -0.4 is 5.32 Å². The van der Waals surface area contributed by atoms with E-state index in [0.29, 0.717) is 12.1 Å². The van der Waals surface area contributed by atoms with E-state index >= 15 is 0 Å². The fourth-order valence-electron chi connectivity index (χ4n) is 2.17. The number of oxime groups is 1. The number of para-hydroxylation sites is 1. The first kappa shape index (κ1) is 15.6. The maximum absolute atomic E-state index is 11.7. The molecule has 118 valence electrons. The second-order valence-electron chi connectivity index (χ2n) is 5.07. The molecule has 1 aliphatic rings. The number of hydrogen-bond donors (Lipinski definition) is 1. The number of nitrogens with zero attached hydrogens (tertiary/aromatic N) is 1. The molecule has 6 heteroatoms. The highest BCUT2D eigenvalue weighted by Gasteiger charge is 2.23.